The molecule has 2 aromatic heterocycles. The molecule has 1 aliphatic carbocycles. The van der Waals surface area contributed by atoms with Crippen LogP contribution >= 0.6 is 0 Å². The summed E-state index contributed by atoms with van der Waals surface area (Å²) in [5.41, 5.74) is 9.37. The third kappa shape index (κ3) is 5.29. The smallest absolute Gasteiger partial charge is 0.167 e. The number of imidazole rings is 1. The summed E-state index contributed by atoms with van der Waals surface area (Å²) in [5.74, 6) is 1.29. The number of ether oxygens (including phenoxy) is 2. The number of nitrogens with two attached hydrogens (primary N) is 1. The molecule has 196 valence electrons. The number of rotatable bonds is 10. The van der Waals surface area contributed by atoms with Gasteiger partial charge in [0, 0.05) is 26.0 Å². The molecule has 1 aliphatic heterocycles. The lowest BCUT2D eigenvalue weighted by molar-refractivity contribution is -0.0580. The van der Waals surface area contributed by atoms with E-state index in [1.165, 1.54) is 18.2 Å². The van der Waals surface area contributed by atoms with Crippen molar-refractivity contribution >= 4 is 17.0 Å². The molecule has 0 bridgehead atoms. The van der Waals surface area contributed by atoms with Crippen LogP contribution in [0.5, 0.6) is 0 Å². The van der Waals surface area contributed by atoms with E-state index < -0.39 is 24.5 Å². The maximum absolute atomic E-state index is 10.7. The first-order valence-corrected chi connectivity index (χ1v) is 12.7. The second kappa shape index (κ2) is 11.5. The molecule has 10 nitrogen and oxygen atoms in total. The zero-order chi connectivity index (χ0) is 25.8. The number of hydrogen-bond acceptors (Lipinski definition) is 9. The number of aromatic nitrogens is 4. The Morgan fingerprint density at radius 1 is 1.19 bits per heavy atom. The number of fused-ring (bicyclic) bond motifs is 1. The first kappa shape index (κ1) is 25.5. The normalized spacial score (nSPS) is 24.4. The van der Waals surface area contributed by atoms with Crippen molar-refractivity contribution in [3.8, 4) is 0 Å². The minimum Gasteiger partial charge on any atom is -0.387 e. The Bertz CT molecular complexity index is 1260. The van der Waals surface area contributed by atoms with Gasteiger partial charge in [-0.25, -0.2) is 15.0 Å². The highest BCUT2D eigenvalue weighted by atomic mass is 16.6. The molecular formula is C27H34N6O4. The molecule has 0 saturated carbocycles. The molecule has 1 aromatic carbocycles. The Hall–Kier alpha value is -3.15. The topological polar surface area (TPSA) is 141 Å². The van der Waals surface area contributed by atoms with E-state index in [1.54, 1.807) is 10.9 Å². The van der Waals surface area contributed by atoms with E-state index >= 15 is 0 Å². The zero-order valence-corrected chi connectivity index (χ0v) is 20.9. The van der Waals surface area contributed by atoms with Gasteiger partial charge in [0.05, 0.1) is 12.9 Å². The van der Waals surface area contributed by atoms with Crippen LogP contribution in [-0.4, -0.2) is 74.9 Å². The van der Waals surface area contributed by atoms with Crippen LogP contribution < -0.4 is 11.1 Å². The maximum Gasteiger partial charge on any atom is 0.167 e. The van der Waals surface area contributed by atoms with Crippen LogP contribution in [0.15, 0.2) is 60.5 Å². The van der Waals surface area contributed by atoms with E-state index in [1.807, 2.05) is 6.07 Å². The van der Waals surface area contributed by atoms with Crippen molar-refractivity contribution in [1.82, 2.24) is 19.5 Å². The lowest BCUT2D eigenvalue weighted by atomic mass is 9.88. The van der Waals surface area contributed by atoms with Gasteiger partial charge in [0.15, 0.2) is 23.2 Å². The molecule has 3 aromatic rings. The largest absolute Gasteiger partial charge is 0.387 e. The molecule has 5 rings (SSSR count). The summed E-state index contributed by atoms with van der Waals surface area (Å²) in [5, 5.41) is 24.7. The molecule has 0 spiro atoms. The summed E-state index contributed by atoms with van der Waals surface area (Å²) in [6, 6.07) is 10.4. The van der Waals surface area contributed by atoms with Gasteiger partial charge in [0.1, 0.15) is 24.1 Å². The molecule has 5 atom stereocenters. The van der Waals surface area contributed by atoms with Crippen molar-refractivity contribution in [2.24, 2.45) is 5.73 Å². The highest BCUT2D eigenvalue weighted by molar-refractivity contribution is 5.83. The number of methoxy groups -OCH3 is 1. The molecule has 2 unspecified atom stereocenters. The number of allylic oxidation sites excluding steroid dienone is 3. The van der Waals surface area contributed by atoms with Crippen LogP contribution in [0.1, 0.15) is 36.4 Å². The molecule has 0 amide bonds. The van der Waals surface area contributed by atoms with Gasteiger partial charge in [0.2, 0.25) is 0 Å². The second-order valence-corrected chi connectivity index (χ2v) is 9.38. The highest BCUT2D eigenvalue weighted by Gasteiger charge is 2.44. The molecule has 10 heteroatoms. The second-order valence-electron chi connectivity index (χ2n) is 9.38. The van der Waals surface area contributed by atoms with E-state index in [9.17, 15) is 10.2 Å². The minimum absolute atomic E-state index is 0.132. The third-order valence-electron chi connectivity index (χ3n) is 6.88. The fraction of sp³-hybridized carbons (Fsp3) is 0.444. The summed E-state index contributed by atoms with van der Waals surface area (Å²) in [6.07, 6.45) is 7.07. The highest BCUT2D eigenvalue weighted by Crippen LogP contribution is 2.34. The van der Waals surface area contributed by atoms with Crippen LogP contribution in [0.3, 0.4) is 0 Å². The van der Waals surface area contributed by atoms with E-state index in [4.69, 9.17) is 20.2 Å². The number of aliphatic hydroxyl groups is 2. The van der Waals surface area contributed by atoms with Crippen LogP contribution in [0, 0.1) is 0 Å². The van der Waals surface area contributed by atoms with Gasteiger partial charge in [-0.1, -0.05) is 48.6 Å². The van der Waals surface area contributed by atoms with Gasteiger partial charge in [0.25, 0.3) is 0 Å². The Morgan fingerprint density at radius 3 is 2.76 bits per heavy atom. The Labute approximate surface area is 215 Å². The number of anilines is 1. The van der Waals surface area contributed by atoms with Crippen LogP contribution in [0.2, 0.25) is 0 Å². The van der Waals surface area contributed by atoms with Gasteiger partial charge in [-0.15, -0.1) is 0 Å². The number of nitrogens with one attached hydrogen (secondary N) is 1. The molecule has 5 N–H and O–H groups in total. The molecule has 1 saturated heterocycles. The predicted molar refractivity (Wildman–Crippen MR) is 140 cm³/mol. The fourth-order valence-corrected chi connectivity index (χ4v) is 4.98. The van der Waals surface area contributed by atoms with Gasteiger partial charge >= 0.3 is 0 Å². The molecule has 0 radical (unpaired) electrons. The molecule has 37 heavy (non-hydrogen) atoms. The van der Waals surface area contributed by atoms with Crippen LogP contribution in [0.4, 0.5) is 5.82 Å². The van der Waals surface area contributed by atoms with Crippen molar-refractivity contribution in [3.63, 3.8) is 0 Å². The van der Waals surface area contributed by atoms with E-state index in [-0.39, 0.29) is 12.5 Å². The Kier molecular flexibility index (Phi) is 7.92. The summed E-state index contributed by atoms with van der Waals surface area (Å²) < 4.78 is 12.7. The molecule has 2 aliphatic rings. The monoisotopic (exact) mass is 506 g/mol. The van der Waals surface area contributed by atoms with Crippen molar-refractivity contribution in [3.05, 3.63) is 71.8 Å². The average molecular weight is 507 g/mol. The number of aliphatic hydroxyl groups excluding tert-OH is 2. The summed E-state index contributed by atoms with van der Waals surface area (Å²) in [6.45, 7) is 1.16. The summed E-state index contributed by atoms with van der Waals surface area (Å²) in [7, 11) is 1.52. The summed E-state index contributed by atoms with van der Waals surface area (Å²) >= 11 is 0. The van der Waals surface area contributed by atoms with Gasteiger partial charge in [-0.3, -0.25) is 4.57 Å². The Balaban J connectivity index is 1.47. The first-order chi connectivity index (χ1) is 18.1. The van der Waals surface area contributed by atoms with Crippen LogP contribution in [0.25, 0.3) is 11.2 Å². The molecule has 3 heterocycles. The average Bonchev–Trinajstić information content (AvgIpc) is 3.47. The minimum atomic E-state index is -1.16. The number of nitrogens with zero attached hydrogens (tertiary/aromatic N) is 4. The van der Waals surface area contributed by atoms with E-state index in [0.29, 0.717) is 42.3 Å². The van der Waals surface area contributed by atoms with Gasteiger partial charge in [-0.05, 0) is 30.5 Å². The van der Waals surface area contributed by atoms with Gasteiger partial charge < -0.3 is 30.7 Å². The quantitative estimate of drug-likeness (QED) is 0.325. The fourth-order valence-electron chi connectivity index (χ4n) is 4.98. The molecule has 1 fully saturated rings. The maximum atomic E-state index is 10.7. The van der Waals surface area contributed by atoms with E-state index in [2.05, 4.69) is 57.8 Å². The summed E-state index contributed by atoms with van der Waals surface area (Å²) in [4.78, 5) is 14.0. The SMILES string of the molecule is COC[C@H]1OC(n2cnc3c(NCC(C4=CCCC=C4)c4ccccc4)nc(CCN)nc32)[C@H](O)[C@@H]1O. The van der Waals surface area contributed by atoms with E-state index in [0.717, 1.165) is 12.8 Å². The number of hydrogen-bond donors (Lipinski definition) is 4. The zero-order valence-electron chi connectivity index (χ0n) is 20.9. The van der Waals surface area contributed by atoms with Crippen molar-refractivity contribution in [1.29, 1.82) is 0 Å². The van der Waals surface area contributed by atoms with Crippen LogP contribution in [-0.2, 0) is 15.9 Å². The number of benzene rings is 1. The lowest BCUT2D eigenvalue weighted by Crippen LogP contribution is -2.33. The first-order valence-electron chi connectivity index (χ1n) is 12.7. The predicted octanol–water partition coefficient (Wildman–Crippen LogP) is 2.07. The standard InChI is InChI=1S/C27H34N6O4/c1-36-15-20-23(34)24(35)27(37-20)33-16-30-22-25(31-21(12-13-28)32-26(22)33)29-14-19(17-8-4-2-5-9-17)18-10-6-3-7-11-18/h2,4-6,8-11,16,19-20,23-24,27,34-35H,3,7,12-15,28H2,1H3,(H,29,31,32)/t19?,20-,23-,24-,27?/m1/s1. The van der Waals surface area contributed by atoms with Crippen molar-refractivity contribution < 1.29 is 19.7 Å². The van der Waals surface area contributed by atoms with Gasteiger partial charge in [-0.2, -0.15) is 0 Å². The third-order valence-corrected chi connectivity index (χ3v) is 6.88. The lowest BCUT2D eigenvalue weighted by Gasteiger charge is -2.22. The van der Waals surface area contributed by atoms with Crippen molar-refractivity contribution in [2.75, 3.05) is 32.1 Å². The Morgan fingerprint density at radius 2 is 2.03 bits per heavy atom. The van der Waals surface area contributed by atoms with Crippen molar-refractivity contribution in [2.45, 2.75) is 49.7 Å². The molecular weight excluding hydrogens is 472 g/mol.